The van der Waals surface area contributed by atoms with Crippen molar-refractivity contribution in [1.29, 1.82) is 5.41 Å². The van der Waals surface area contributed by atoms with E-state index in [1.807, 2.05) is 17.0 Å². The number of hydrogen-bond donors (Lipinski definition) is 2. The van der Waals surface area contributed by atoms with Crippen molar-refractivity contribution in [3.63, 3.8) is 0 Å². The SMILES string of the molecule is N=C(N)c1cc(N2CCc3ccc(F)cc32)ccn1. The number of benzene rings is 1. The molecule has 0 radical (unpaired) electrons. The Labute approximate surface area is 110 Å². The van der Waals surface area contributed by atoms with Gasteiger partial charge in [-0.15, -0.1) is 0 Å². The second kappa shape index (κ2) is 4.35. The fraction of sp³-hybridized carbons (Fsp3) is 0.143. The molecule has 0 atom stereocenters. The molecule has 0 amide bonds. The Bertz CT molecular complexity index is 654. The lowest BCUT2D eigenvalue weighted by atomic mass is 10.1. The molecule has 1 aliphatic rings. The van der Waals surface area contributed by atoms with E-state index in [0.717, 1.165) is 29.9 Å². The van der Waals surface area contributed by atoms with Crippen LogP contribution in [0.15, 0.2) is 36.5 Å². The van der Waals surface area contributed by atoms with Crippen LogP contribution in [0.2, 0.25) is 0 Å². The molecule has 3 rings (SSSR count). The molecular weight excluding hydrogens is 243 g/mol. The quantitative estimate of drug-likeness (QED) is 0.639. The van der Waals surface area contributed by atoms with Gasteiger partial charge < -0.3 is 10.6 Å². The summed E-state index contributed by atoms with van der Waals surface area (Å²) in [7, 11) is 0. The van der Waals surface area contributed by atoms with Crippen LogP contribution in [0.3, 0.4) is 0 Å². The first-order valence-corrected chi connectivity index (χ1v) is 6.01. The van der Waals surface area contributed by atoms with E-state index in [4.69, 9.17) is 11.1 Å². The van der Waals surface area contributed by atoms with Crippen molar-refractivity contribution in [2.24, 2.45) is 5.73 Å². The molecule has 0 saturated heterocycles. The lowest BCUT2D eigenvalue weighted by Gasteiger charge is -2.19. The number of nitrogen functional groups attached to an aromatic ring is 1. The minimum atomic E-state index is -0.244. The summed E-state index contributed by atoms with van der Waals surface area (Å²) >= 11 is 0. The summed E-state index contributed by atoms with van der Waals surface area (Å²) in [6, 6.07) is 8.43. The third-order valence-electron chi connectivity index (χ3n) is 3.27. The Balaban J connectivity index is 2.04. The first-order valence-electron chi connectivity index (χ1n) is 6.01. The number of fused-ring (bicyclic) bond motifs is 1. The number of anilines is 2. The summed E-state index contributed by atoms with van der Waals surface area (Å²) in [6.07, 6.45) is 2.50. The normalized spacial score (nSPS) is 13.4. The molecule has 0 fully saturated rings. The van der Waals surface area contributed by atoms with Crippen molar-refractivity contribution in [2.45, 2.75) is 6.42 Å². The molecule has 19 heavy (non-hydrogen) atoms. The fourth-order valence-electron chi connectivity index (χ4n) is 2.36. The molecule has 1 aromatic heterocycles. The lowest BCUT2D eigenvalue weighted by molar-refractivity contribution is 0.628. The van der Waals surface area contributed by atoms with Gasteiger partial charge in [-0.05, 0) is 36.2 Å². The van der Waals surface area contributed by atoms with Crippen LogP contribution >= 0.6 is 0 Å². The van der Waals surface area contributed by atoms with E-state index in [1.165, 1.54) is 12.1 Å². The van der Waals surface area contributed by atoms with Gasteiger partial charge in [-0.25, -0.2) is 4.39 Å². The Morgan fingerprint density at radius 3 is 2.95 bits per heavy atom. The van der Waals surface area contributed by atoms with Crippen molar-refractivity contribution in [3.05, 3.63) is 53.6 Å². The average Bonchev–Trinajstić information content (AvgIpc) is 2.81. The summed E-state index contributed by atoms with van der Waals surface area (Å²) in [5.41, 5.74) is 8.76. The number of nitrogens with one attached hydrogen (secondary N) is 1. The second-order valence-corrected chi connectivity index (χ2v) is 4.49. The third kappa shape index (κ3) is 2.03. The largest absolute Gasteiger partial charge is 0.382 e. The van der Waals surface area contributed by atoms with Crippen LogP contribution < -0.4 is 10.6 Å². The smallest absolute Gasteiger partial charge is 0.141 e. The summed E-state index contributed by atoms with van der Waals surface area (Å²) in [5, 5.41) is 7.42. The van der Waals surface area contributed by atoms with Crippen LogP contribution in [0.25, 0.3) is 0 Å². The number of pyridine rings is 1. The maximum atomic E-state index is 13.4. The van der Waals surface area contributed by atoms with Crippen molar-refractivity contribution < 1.29 is 4.39 Å². The molecule has 2 aromatic rings. The van der Waals surface area contributed by atoms with E-state index >= 15 is 0 Å². The predicted octanol–water partition coefficient (Wildman–Crippen LogP) is 2.20. The number of amidine groups is 1. The van der Waals surface area contributed by atoms with Gasteiger partial charge >= 0.3 is 0 Å². The molecule has 0 bridgehead atoms. The van der Waals surface area contributed by atoms with Crippen molar-refractivity contribution in [2.75, 3.05) is 11.4 Å². The van der Waals surface area contributed by atoms with Gasteiger partial charge in [0.1, 0.15) is 17.3 Å². The molecule has 1 aromatic carbocycles. The summed E-state index contributed by atoms with van der Waals surface area (Å²) in [5.74, 6) is -0.313. The molecule has 3 N–H and O–H groups in total. The number of halogens is 1. The van der Waals surface area contributed by atoms with Crippen LogP contribution in [0, 0.1) is 11.2 Å². The Hall–Kier alpha value is -2.43. The fourth-order valence-corrected chi connectivity index (χ4v) is 2.36. The van der Waals surface area contributed by atoms with E-state index in [9.17, 15) is 4.39 Å². The third-order valence-corrected chi connectivity index (χ3v) is 3.27. The molecule has 4 nitrogen and oxygen atoms in total. The van der Waals surface area contributed by atoms with Gasteiger partial charge in [0.15, 0.2) is 0 Å². The molecule has 0 unspecified atom stereocenters. The number of aromatic nitrogens is 1. The molecule has 2 heterocycles. The first-order chi connectivity index (χ1) is 9.15. The number of rotatable bonds is 2. The Kier molecular flexibility index (Phi) is 2.67. The molecule has 5 heteroatoms. The van der Waals surface area contributed by atoms with Crippen molar-refractivity contribution in [3.8, 4) is 0 Å². The van der Waals surface area contributed by atoms with E-state index in [-0.39, 0.29) is 11.7 Å². The standard InChI is InChI=1S/C14H13FN4/c15-10-2-1-9-4-6-19(13(9)7-10)11-3-5-18-12(8-11)14(16)17/h1-3,5,7-8H,4,6H2,(H3,16,17). The Morgan fingerprint density at radius 2 is 2.16 bits per heavy atom. The second-order valence-electron chi connectivity index (χ2n) is 4.49. The van der Waals surface area contributed by atoms with Gasteiger partial charge in [0.2, 0.25) is 0 Å². The van der Waals surface area contributed by atoms with E-state index in [1.54, 1.807) is 12.3 Å². The van der Waals surface area contributed by atoms with Gasteiger partial charge in [-0.1, -0.05) is 6.07 Å². The van der Waals surface area contributed by atoms with Gasteiger partial charge in [-0.2, -0.15) is 0 Å². The minimum absolute atomic E-state index is 0.0690. The topological polar surface area (TPSA) is 66.0 Å². The zero-order valence-corrected chi connectivity index (χ0v) is 10.2. The van der Waals surface area contributed by atoms with Crippen LogP contribution in [0.5, 0.6) is 0 Å². The van der Waals surface area contributed by atoms with E-state index in [0.29, 0.717) is 5.69 Å². The first kappa shape index (κ1) is 11.6. The van der Waals surface area contributed by atoms with Crippen LogP contribution in [0.4, 0.5) is 15.8 Å². The van der Waals surface area contributed by atoms with Crippen molar-refractivity contribution in [1.82, 2.24) is 4.98 Å². The predicted molar refractivity (Wildman–Crippen MR) is 72.4 cm³/mol. The molecule has 0 spiro atoms. The maximum absolute atomic E-state index is 13.4. The van der Waals surface area contributed by atoms with E-state index in [2.05, 4.69) is 4.98 Å². The number of nitrogens with two attached hydrogens (primary N) is 1. The highest BCUT2D eigenvalue weighted by Gasteiger charge is 2.21. The number of hydrogen-bond acceptors (Lipinski definition) is 3. The lowest BCUT2D eigenvalue weighted by Crippen LogP contribution is -2.17. The summed E-state index contributed by atoms with van der Waals surface area (Å²) in [6.45, 7) is 0.792. The summed E-state index contributed by atoms with van der Waals surface area (Å²) < 4.78 is 13.4. The van der Waals surface area contributed by atoms with Gasteiger partial charge in [0, 0.05) is 24.1 Å². The highest BCUT2D eigenvalue weighted by Crippen LogP contribution is 2.34. The van der Waals surface area contributed by atoms with Crippen LogP contribution in [-0.2, 0) is 6.42 Å². The van der Waals surface area contributed by atoms with Crippen LogP contribution in [0.1, 0.15) is 11.3 Å². The monoisotopic (exact) mass is 256 g/mol. The summed E-state index contributed by atoms with van der Waals surface area (Å²) in [4.78, 5) is 6.05. The molecule has 96 valence electrons. The van der Waals surface area contributed by atoms with Crippen LogP contribution in [-0.4, -0.2) is 17.4 Å². The van der Waals surface area contributed by atoms with Crippen molar-refractivity contribution >= 4 is 17.2 Å². The van der Waals surface area contributed by atoms with Gasteiger partial charge in [0.05, 0.1) is 0 Å². The zero-order chi connectivity index (χ0) is 13.4. The molecule has 0 saturated carbocycles. The van der Waals surface area contributed by atoms with Gasteiger partial charge in [-0.3, -0.25) is 10.4 Å². The molecular formula is C14H13FN4. The minimum Gasteiger partial charge on any atom is -0.382 e. The van der Waals surface area contributed by atoms with E-state index < -0.39 is 0 Å². The highest BCUT2D eigenvalue weighted by atomic mass is 19.1. The number of nitrogens with zero attached hydrogens (tertiary/aromatic N) is 2. The zero-order valence-electron chi connectivity index (χ0n) is 10.2. The Morgan fingerprint density at radius 1 is 1.32 bits per heavy atom. The maximum Gasteiger partial charge on any atom is 0.141 e. The highest BCUT2D eigenvalue weighted by molar-refractivity contribution is 5.94. The average molecular weight is 256 g/mol. The molecule has 1 aliphatic heterocycles. The molecule has 0 aliphatic carbocycles. The van der Waals surface area contributed by atoms with Gasteiger partial charge in [0.25, 0.3) is 0 Å².